The zero-order chi connectivity index (χ0) is 27.5. The second-order valence-corrected chi connectivity index (χ2v) is 9.82. The first-order chi connectivity index (χ1) is 18.8. The number of benzene rings is 3. The minimum absolute atomic E-state index is 0.00814. The van der Waals surface area contributed by atoms with Gasteiger partial charge in [0.15, 0.2) is 5.78 Å². The summed E-state index contributed by atoms with van der Waals surface area (Å²) >= 11 is 6.07. The smallest absolute Gasteiger partial charge is 0.336 e. The lowest BCUT2D eigenvalue weighted by atomic mass is 9.94. The van der Waals surface area contributed by atoms with Gasteiger partial charge in [-0.3, -0.25) is 14.6 Å². The van der Waals surface area contributed by atoms with Gasteiger partial charge in [0, 0.05) is 33.9 Å². The molecular weight excluding hydrogens is 516 g/mol. The van der Waals surface area contributed by atoms with E-state index >= 15 is 0 Å². The molecule has 0 atom stereocenters. The van der Waals surface area contributed by atoms with E-state index in [4.69, 9.17) is 16.3 Å². The molecule has 0 aliphatic heterocycles. The maximum Gasteiger partial charge on any atom is 0.336 e. The zero-order valence-electron chi connectivity index (χ0n) is 21.1. The molecular formula is C31H25ClN2O5. The largest absolute Gasteiger partial charge is 0.497 e. The van der Waals surface area contributed by atoms with Crippen LogP contribution in [0.15, 0.2) is 85.1 Å². The number of hydrogen-bond acceptors (Lipinski definition) is 6. The van der Waals surface area contributed by atoms with E-state index in [2.05, 4.69) is 9.88 Å². The van der Waals surface area contributed by atoms with Gasteiger partial charge in [-0.25, -0.2) is 4.79 Å². The summed E-state index contributed by atoms with van der Waals surface area (Å²) in [6.07, 6.45) is 4.00. The molecule has 0 radical (unpaired) electrons. The topological polar surface area (TPSA) is 96.8 Å². The van der Waals surface area contributed by atoms with Crippen molar-refractivity contribution in [2.75, 3.05) is 18.6 Å². The lowest BCUT2D eigenvalue weighted by Gasteiger charge is -2.25. The van der Waals surface area contributed by atoms with Crippen molar-refractivity contribution in [3.63, 3.8) is 0 Å². The lowest BCUT2D eigenvalue weighted by Crippen LogP contribution is -2.20. The monoisotopic (exact) mass is 540 g/mol. The van der Waals surface area contributed by atoms with E-state index < -0.39 is 17.5 Å². The van der Waals surface area contributed by atoms with Crippen LogP contribution in [0.1, 0.15) is 55.2 Å². The molecule has 0 saturated heterocycles. The second-order valence-electron chi connectivity index (χ2n) is 9.38. The zero-order valence-corrected chi connectivity index (χ0v) is 21.9. The molecule has 8 heteroatoms. The first kappa shape index (κ1) is 26.1. The van der Waals surface area contributed by atoms with Crippen molar-refractivity contribution < 1.29 is 24.2 Å². The second kappa shape index (κ2) is 11.1. The molecule has 1 heterocycles. The van der Waals surface area contributed by atoms with Gasteiger partial charge in [-0.05, 0) is 91.6 Å². The van der Waals surface area contributed by atoms with Crippen LogP contribution in [0.25, 0.3) is 0 Å². The number of carboxylic acid groups (broad SMARTS) is 1. The highest BCUT2D eigenvalue weighted by Gasteiger charge is 2.26. The first-order valence-corrected chi connectivity index (χ1v) is 12.8. The van der Waals surface area contributed by atoms with Gasteiger partial charge >= 0.3 is 5.97 Å². The number of methoxy groups -OCH3 is 1. The molecule has 3 aromatic carbocycles. The molecule has 4 aromatic rings. The SMILES string of the molecule is COc1ccc(C(=O)c2ccc(C(=O)c3ccc(N(CC4CC4)c4ccc(Cl)cc4)cn3)cc2C(=O)O)cc1. The van der Waals surface area contributed by atoms with Crippen molar-refractivity contribution in [1.82, 2.24) is 4.98 Å². The maximum absolute atomic E-state index is 13.2. The number of anilines is 2. The number of nitrogens with zero attached hydrogens (tertiary/aromatic N) is 2. The Morgan fingerprint density at radius 1 is 0.872 bits per heavy atom. The molecule has 1 aromatic heterocycles. The van der Waals surface area contributed by atoms with Crippen LogP contribution in [-0.2, 0) is 0 Å². The van der Waals surface area contributed by atoms with E-state index in [1.807, 2.05) is 30.3 Å². The summed E-state index contributed by atoms with van der Waals surface area (Å²) in [7, 11) is 1.52. The van der Waals surface area contributed by atoms with Crippen molar-refractivity contribution in [2.45, 2.75) is 12.8 Å². The van der Waals surface area contributed by atoms with Crippen molar-refractivity contribution in [3.05, 3.63) is 118 Å². The van der Waals surface area contributed by atoms with Crippen LogP contribution in [0.3, 0.4) is 0 Å². The summed E-state index contributed by atoms with van der Waals surface area (Å²) in [5, 5.41) is 10.5. The van der Waals surface area contributed by atoms with Gasteiger partial charge in [0.05, 0.1) is 24.6 Å². The Balaban J connectivity index is 1.40. The number of rotatable bonds is 10. The molecule has 1 fully saturated rings. The van der Waals surface area contributed by atoms with E-state index in [1.165, 1.54) is 38.2 Å². The average molecular weight is 541 g/mol. The standard InChI is InChI=1S/C31H25ClN2O5/c1-39-25-12-4-20(5-13-25)29(35)26-14-6-21(16-27(26)31(37)38)30(36)28-15-11-24(17-33-28)34(18-19-2-3-19)23-9-7-22(32)8-10-23/h4-17,19H,2-3,18H2,1H3,(H,37,38). The summed E-state index contributed by atoms with van der Waals surface area (Å²) in [6.45, 7) is 0.836. The van der Waals surface area contributed by atoms with Crippen LogP contribution >= 0.6 is 11.6 Å². The van der Waals surface area contributed by atoms with Gasteiger partial charge in [-0.2, -0.15) is 0 Å². The molecule has 1 saturated carbocycles. The quantitative estimate of drug-likeness (QED) is 0.231. The normalized spacial score (nSPS) is 12.6. The van der Waals surface area contributed by atoms with Gasteiger partial charge in [-0.1, -0.05) is 17.7 Å². The summed E-state index contributed by atoms with van der Waals surface area (Å²) in [6, 6.07) is 21.5. The third-order valence-corrected chi connectivity index (χ3v) is 6.93. The van der Waals surface area contributed by atoms with Crippen molar-refractivity contribution in [2.24, 2.45) is 5.92 Å². The van der Waals surface area contributed by atoms with Gasteiger partial charge in [-0.15, -0.1) is 0 Å². The fourth-order valence-electron chi connectivity index (χ4n) is 4.33. The van der Waals surface area contributed by atoms with Crippen LogP contribution in [-0.4, -0.2) is 41.3 Å². The van der Waals surface area contributed by atoms with Crippen molar-refractivity contribution in [3.8, 4) is 5.75 Å². The Kier molecular flexibility index (Phi) is 7.43. The summed E-state index contributed by atoms with van der Waals surface area (Å²) in [4.78, 5) is 44.8. The molecule has 1 aliphatic carbocycles. The number of carbonyl (C=O) groups excluding carboxylic acids is 2. The number of ketones is 2. The van der Waals surface area contributed by atoms with Crippen LogP contribution in [0.4, 0.5) is 11.4 Å². The third kappa shape index (κ3) is 5.84. The molecule has 0 amide bonds. The summed E-state index contributed by atoms with van der Waals surface area (Å²) < 4.78 is 5.11. The minimum Gasteiger partial charge on any atom is -0.497 e. The first-order valence-electron chi connectivity index (χ1n) is 12.4. The molecule has 1 N–H and O–H groups in total. The lowest BCUT2D eigenvalue weighted by molar-refractivity contribution is 0.0692. The van der Waals surface area contributed by atoms with Crippen molar-refractivity contribution >= 4 is 40.5 Å². The van der Waals surface area contributed by atoms with Gasteiger partial charge in [0.2, 0.25) is 5.78 Å². The number of carbonyl (C=O) groups is 3. The third-order valence-electron chi connectivity index (χ3n) is 6.68. The number of pyridine rings is 1. The van der Waals surface area contributed by atoms with Crippen LogP contribution in [0.2, 0.25) is 5.02 Å². The predicted octanol–water partition coefficient (Wildman–Crippen LogP) is 6.45. The van der Waals surface area contributed by atoms with Crippen LogP contribution < -0.4 is 9.64 Å². The highest BCUT2D eigenvalue weighted by molar-refractivity contribution is 6.30. The summed E-state index contributed by atoms with van der Waals surface area (Å²) in [5.41, 5.74) is 2.18. The van der Waals surface area contributed by atoms with Gasteiger partial charge in [0.25, 0.3) is 0 Å². The van der Waals surface area contributed by atoms with E-state index in [0.29, 0.717) is 22.3 Å². The van der Waals surface area contributed by atoms with Gasteiger partial charge < -0.3 is 14.7 Å². The maximum atomic E-state index is 13.2. The molecule has 5 rings (SSSR count). The molecule has 0 unspecified atom stereocenters. The molecule has 0 bridgehead atoms. The average Bonchev–Trinajstić information content (AvgIpc) is 3.80. The molecule has 39 heavy (non-hydrogen) atoms. The number of hydrogen-bond donors (Lipinski definition) is 1. The number of ether oxygens (including phenoxy) is 1. The van der Waals surface area contributed by atoms with E-state index in [0.717, 1.165) is 17.9 Å². The number of halogens is 1. The van der Waals surface area contributed by atoms with Gasteiger partial charge in [0.1, 0.15) is 11.4 Å². The highest BCUT2D eigenvalue weighted by Crippen LogP contribution is 2.35. The van der Waals surface area contributed by atoms with E-state index in [9.17, 15) is 19.5 Å². The number of aromatic nitrogens is 1. The minimum atomic E-state index is -1.30. The van der Waals surface area contributed by atoms with E-state index in [1.54, 1.807) is 36.5 Å². The molecule has 1 aliphatic rings. The van der Waals surface area contributed by atoms with E-state index in [-0.39, 0.29) is 22.4 Å². The Morgan fingerprint density at radius 2 is 1.54 bits per heavy atom. The fourth-order valence-corrected chi connectivity index (χ4v) is 4.45. The molecule has 196 valence electrons. The highest BCUT2D eigenvalue weighted by atomic mass is 35.5. The Hall–Kier alpha value is -4.49. The van der Waals surface area contributed by atoms with Crippen LogP contribution in [0, 0.1) is 5.92 Å². The Labute approximate surface area is 230 Å². The fraction of sp³-hybridized carbons (Fsp3) is 0.161. The predicted molar refractivity (Wildman–Crippen MR) is 149 cm³/mol. The summed E-state index contributed by atoms with van der Waals surface area (Å²) in [5.74, 6) is -1.02. The Morgan fingerprint density at radius 3 is 2.13 bits per heavy atom. The van der Waals surface area contributed by atoms with Crippen molar-refractivity contribution in [1.29, 1.82) is 0 Å². The molecule has 0 spiro atoms. The molecule has 7 nitrogen and oxygen atoms in total. The number of aromatic carboxylic acids is 1. The number of carboxylic acids is 1. The Bertz CT molecular complexity index is 1530. The van der Waals surface area contributed by atoms with Crippen LogP contribution in [0.5, 0.6) is 5.75 Å².